The number of pyridine rings is 1. The zero-order valence-electron chi connectivity index (χ0n) is 12.9. The van der Waals surface area contributed by atoms with Gasteiger partial charge in [0.25, 0.3) is 0 Å². The molecule has 0 spiro atoms. The number of aliphatic hydroxyl groups excluding tert-OH is 1. The van der Waals surface area contributed by atoms with Gasteiger partial charge >= 0.3 is 0 Å². The number of sulfone groups is 1. The van der Waals surface area contributed by atoms with Crippen molar-refractivity contribution in [2.75, 3.05) is 0 Å². The smallest absolute Gasteiger partial charge is 0.232 e. The molecule has 3 rings (SSSR count). The third-order valence-corrected chi connectivity index (χ3v) is 6.62. The molecule has 2 heterocycles. The lowest BCUT2D eigenvalue weighted by Crippen LogP contribution is -2.18. The minimum Gasteiger partial charge on any atom is -0.504 e. The van der Waals surface area contributed by atoms with Crippen LogP contribution in [0, 0.1) is 0 Å². The van der Waals surface area contributed by atoms with E-state index >= 15 is 0 Å². The molecule has 1 unspecified atom stereocenters. The number of rotatable bonds is 4. The molecule has 0 saturated carbocycles. The van der Waals surface area contributed by atoms with E-state index in [1.165, 1.54) is 18.3 Å². The summed E-state index contributed by atoms with van der Waals surface area (Å²) in [5, 5.41) is 10.6. The van der Waals surface area contributed by atoms with E-state index < -0.39 is 31.8 Å². The van der Waals surface area contributed by atoms with E-state index in [-0.39, 0.29) is 33.6 Å². The Morgan fingerprint density at radius 2 is 2.00 bits per heavy atom. The molecule has 3 N–H and O–H groups in total. The molecule has 1 atom stereocenters. The Morgan fingerprint density at radius 1 is 1.27 bits per heavy atom. The summed E-state index contributed by atoms with van der Waals surface area (Å²) in [4.78, 5) is 3.63. The monoisotopic (exact) mass is 434 g/mol. The fourth-order valence-corrected chi connectivity index (χ4v) is 5.37. The summed E-state index contributed by atoms with van der Waals surface area (Å²) in [5.41, 5.74) is 0.792. The molecule has 0 bridgehead atoms. The molecule has 11 heteroatoms. The van der Waals surface area contributed by atoms with Gasteiger partial charge in [-0.25, -0.2) is 17.3 Å². The van der Waals surface area contributed by atoms with Crippen molar-refractivity contribution in [2.24, 2.45) is 0 Å². The lowest BCUT2D eigenvalue weighted by Gasteiger charge is -2.21. The first kappa shape index (κ1) is 19.3. The number of hydrogen-bond acceptors (Lipinski definition) is 5. The maximum atomic E-state index is 12.8. The van der Waals surface area contributed by atoms with E-state index in [1.807, 2.05) is 0 Å². The van der Waals surface area contributed by atoms with E-state index in [0.717, 1.165) is 0 Å². The minimum absolute atomic E-state index is 0.0216. The minimum atomic E-state index is -3.94. The maximum absolute atomic E-state index is 12.8. The van der Waals surface area contributed by atoms with Crippen molar-refractivity contribution in [1.29, 1.82) is 0 Å². The molecule has 0 aliphatic carbocycles. The first-order valence-corrected chi connectivity index (χ1v) is 10.7. The Kier molecular flexibility index (Phi) is 5.38. The Morgan fingerprint density at radius 3 is 2.69 bits per heavy atom. The van der Waals surface area contributed by atoms with E-state index in [0.29, 0.717) is 11.1 Å². The van der Waals surface area contributed by atoms with Crippen LogP contribution in [0.2, 0.25) is 10.0 Å². The van der Waals surface area contributed by atoms with Crippen LogP contribution in [0.4, 0.5) is 0 Å². The highest BCUT2D eigenvalue weighted by molar-refractivity contribution is 8.00. The number of benzene rings is 1. The third-order valence-electron chi connectivity index (χ3n) is 3.77. The summed E-state index contributed by atoms with van der Waals surface area (Å²) in [6.45, 7) is -0.102. The van der Waals surface area contributed by atoms with Crippen LogP contribution in [0.3, 0.4) is 0 Å². The molecular weight excluding hydrogens is 423 g/mol. The van der Waals surface area contributed by atoms with Crippen molar-refractivity contribution in [3.05, 3.63) is 62.9 Å². The second-order valence-corrected chi connectivity index (χ2v) is 8.91. The molecule has 1 aliphatic rings. The van der Waals surface area contributed by atoms with Crippen LogP contribution in [0.5, 0.6) is 0 Å². The molecule has 0 amide bonds. The van der Waals surface area contributed by atoms with Crippen molar-refractivity contribution in [2.45, 2.75) is 12.3 Å². The highest BCUT2D eigenvalue weighted by Crippen LogP contribution is 2.43. The maximum Gasteiger partial charge on any atom is 0.232 e. The zero-order valence-corrected chi connectivity index (χ0v) is 16.1. The van der Waals surface area contributed by atoms with Crippen LogP contribution in [0.15, 0.2) is 30.5 Å². The number of aliphatic hydroxyl groups is 1. The van der Waals surface area contributed by atoms with Gasteiger partial charge in [-0.05, 0) is 23.3 Å². The highest BCUT2D eigenvalue weighted by Gasteiger charge is 2.35. The van der Waals surface area contributed by atoms with Gasteiger partial charge in [-0.1, -0.05) is 35.3 Å². The predicted molar refractivity (Wildman–Crippen MR) is 100 cm³/mol. The third kappa shape index (κ3) is 3.51. The molecule has 7 nitrogen and oxygen atoms in total. The van der Waals surface area contributed by atoms with Gasteiger partial charge in [0.1, 0.15) is 10.6 Å². The number of aromatic nitrogens is 1. The van der Waals surface area contributed by atoms with Crippen molar-refractivity contribution in [3.63, 3.8) is 0 Å². The standard InChI is InChI=1S/C15H12Cl2N2O5S2/c16-10-4-3-8(6-19-25(21)22)12(17)11(10)15-14(20)13-9(2-1-5-18-13)7-26(15,23)24/h1-5,19-20H,6-7H2,(H,21,22). The fourth-order valence-electron chi connectivity index (χ4n) is 2.65. The Hall–Kier alpha value is -1.49. The van der Waals surface area contributed by atoms with Gasteiger partial charge in [-0.3, -0.25) is 9.54 Å². The molecule has 1 aliphatic heterocycles. The topological polar surface area (TPSA) is 117 Å². The normalized spacial score (nSPS) is 17.0. The fraction of sp³-hybridized carbons (Fsp3) is 0.133. The average Bonchev–Trinajstić information content (AvgIpc) is 2.56. The Labute approximate surface area is 162 Å². The molecule has 1 aromatic heterocycles. The summed E-state index contributed by atoms with van der Waals surface area (Å²) in [6, 6.07) is 6.04. The van der Waals surface area contributed by atoms with Crippen molar-refractivity contribution in [1.82, 2.24) is 9.71 Å². The summed E-state index contributed by atoms with van der Waals surface area (Å²) >= 11 is 10.2. The van der Waals surface area contributed by atoms with Gasteiger partial charge in [0, 0.05) is 18.3 Å². The van der Waals surface area contributed by atoms with Crippen LogP contribution in [-0.2, 0) is 33.4 Å². The second kappa shape index (κ2) is 7.26. The van der Waals surface area contributed by atoms with Crippen molar-refractivity contribution in [3.8, 4) is 0 Å². The van der Waals surface area contributed by atoms with Gasteiger partial charge in [-0.15, -0.1) is 0 Å². The summed E-state index contributed by atoms with van der Waals surface area (Å²) in [6.07, 6.45) is 1.44. The van der Waals surface area contributed by atoms with Gasteiger partial charge in [0.2, 0.25) is 11.3 Å². The van der Waals surface area contributed by atoms with Gasteiger partial charge in [-0.2, -0.15) is 0 Å². The number of halogens is 2. The molecule has 0 fully saturated rings. The zero-order chi connectivity index (χ0) is 19.1. The second-order valence-electron chi connectivity index (χ2n) is 5.41. The number of nitrogens with zero attached hydrogens (tertiary/aromatic N) is 1. The van der Waals surface area contributed by atoms with Gasteiger partial charge in [0.05, 0.1) is 15.8 Å². The van der Waals surface area contributed by atoms with Crippen LogP contribution < -0.4 is 4.72 Å². The summed E-state index contributed by atoms with van der Waals surface area (Å²) in [7, 11) is -3.94. The van der Waals surface area contributed by atoms with Crippen LogP contribution in [0.25, 0.3) is 10.7 Å². The van der Waals surface area contributed by atoms with Gasteiger partial charge < -0.3 is 5.11 Å². The van der Waals surface area contributed by atoms with Crippen LogP contribution >= 0.6 is 23.2 Å². The molecule has 0 radical (unpaired) electrons. The Balaban J connectivity index is 2.25. The first-order valence-electron chi connectivity index (χ1n) is 7.14. The number of fused-ring (bicyclic) bond motifs is 1. The van der Waals surface area contributed by atoms with Crippen molar-refractivity contribution >= 4 is 55.0 Å². The molecular formula is C15H12Cl2N2O5S2. The SMILES string of the molecule is O=S(O)NCc1ccc(Cl)c(C2=C(O)c3ncccc3CS2(=O)=O)c1Cl. The highest BCUT2D eigenvalue weighted by atomic mass is 35.5. The molecule has 1 aromatic carbocycles. The summed E-state index contributed by atoms with van der Waals surface area (Å²) in [5.74, 6) is -0.891. The molecule has 138 valence electrons. The average molecular weight is 435 g/mol. The first-order chi connectivity index (χ1) is 12.2. The van der Waals surface area contributed by atoms with Crippen LogP contribution in [0.1, 0.15) is 22.4 Å². The number of hydrogen-bond donors (Lipinski definition) is 3. The van der Waals surface area contributed by atoms with E-state index in [1.54, 1.807) is 12.1 Å². The summed E-state index contributed by atoms with van der Waals surface area (Å²) < 4.78 is 47.5. The van der Waals surface area contributed by atoms with E-state index in [9.17, 15) is 17.7 Å². The van der Waals surface area contributed by atoms with Crippen molar-refractivity contribution < 1.29 is 22.3 Å². The lowest BCUT2D eigenvalue weighted by molar-refractivity contribution is 0.508. The van der Waals surface area contributed by atoms with E-state index in [2.05, 4.69) is 9.71 Å². The van der Waals surface area contributed by atoms with E-state index in [4.69, 9.17) is 27.8 Å². The number of nitrogens with one attached hydrogen (secondary N) is 1. The lowest BCUT2D eigenvalue weighted by atomic mass is 10.1. The predicted octanol–water partition coefficient (Wildman–Crippen LogP) is 2.93. The molecule has 26 heavy (non-hydrogen) atoms. The van der Waals surface area contributed by atoms with Gasteiger partial charge in [0.15, 0.2) is 15.6 Å². The Bertz CT molecular complexity index is 1050. The molecule has 0 saturated heterocycles. The largest absolute Gasteiger partial charge is 0.504 e. The quantitative estimate of drug-likeness (QED) is 0.636. The van der Waals surface area contributed by atoms with Crippen LogP contribution in [-0.4, -0.2) is 27.3 Å². The molecule has 2 aromatic rings.